The highest BCUT2D eigenvalue weighted by atomic mass is 32.1. The molecule has 78 heavy (non-hydrogen) atoms. The molecule has 7 heterocycles. The molecule has 4 aliphatic heterocycles. The number of benzene rings is 1. The summed E-state index contributed by atoms with van der Waals surface area (Å²) in [6.45, 7) is 26.4. The fourth-order valence-corrected chi connectivity index (χ4v) is 15.4. The predicted octanol–water partition coefficient (Wildman–Crippen LogP) is 14.5. The van der Waals surface area contributed by atoms with Crippen molar-refractivity contribution in [1.29, 1.82) is 0 Å². The van der Waals surface area contributed by atoms with E-state index < -0.39 is 11.8 Å². The molecule has 4 aromatic rings. The number of fused-ring (bicyclic) bond motifs is 2. The quantitative estimate of drug-likeness (QED) is 0.112. The normalized spacial score (nSPS) is 18.7. The summed E-state index contributed by atoms with van der Waals surface area (Å²) in [4.78, 5) is 55.7. The topological polar surface area (TPSA) is 95.1 Å². The van der Waals surface area contributed by atoms with Crippen LogP contribution in [0.25, 0.3) is 0 Å². The second kappa shape index (κ2) is 26.7. The molecule has 1 aromatic carbocycles. The third-order valence-corrected chi connectivity index (χ3v) is 19.6. The molecule has 3 aromatic heterocycles. The Hall–Kier alpha value is -4.70. The summed E-state index contributed by atoms with van der Waals surface area (Å²) < 4.78 is 56.0. The van der Waals surface area contributed by atoms with Crippen molar-refractivity contribution in [2.75, 3.05) is 52.4 Å². The number of hydrogen-bond acceptors (Lipinski definition) is 9. The number of ether oxygens (including phenoxy) is 1. The Kier molecular flexibility index (Phi) is 20.9. The van der Waals surface area contributed by atoms with Crippen molar-refractivity contribution in [3.8, 4) is 5.88 Å². The Labute approximate surface area is 470 Å². The first kappa shape index (κ1) is 60.9. The van der Waals surface area contributed by atoms with Gasteiger partial charge in [0, 0.05) is 88.6 Å². The minimum absolute atomic E-state index is 0.0421. The summed E-state index contributed by atoms with van der Waals surface area (Å²) >= 11 is 3.69. The van der Waals surface area contributed by atoms with E-state index in [0.717, 1.165) is 133 Å². The molecule has 2 atom stereocenters. The zero-order valence-electron chi connectivity index (χ0n) is 48.2. The van der Waals surface area contributed by atoms with Crippen LogP contribution in [0.2, 0.25) is 0 Å². The second-order valence-corrected chi connectivity index (χ2v) is 25.1. The van der Waals surface area contributed by atoms with Crippen molar-refractivity contribution in [2.45, 2.75) is 177 Å². The number of pyridine rings is 1. The van der Waals surface area contributed by atoms with E-state index in [0.29, 0.717) is 75.3 Å². The lowest BCUT2D eigenvalue weighted by atomic mass is 9.80. The molecule has 426 valence electrons. The van der Waals surface area contributed by atoms with Gasteiger partial charge in [0.05, 0.1) is 24.2 Å². The SMILES string of the molecule is CCC(C)(F)F.CCC(c1sc2c(c1C)C(=O)N(CC1=C(C)C=C(C)CC1=O)CC2)C1CCN(CC(C)(F)F)CC1.CCC(c1sc2c(c1C)C(=O)N(Cc1c(C)cc(C)nc1OCc1ccccc1)CC2)C1CCNCC1. The van der Waals surface area contributed by atoms with E-state index in [-0.39, 0.29) is 30.6 Å². The molecule has 9 nitrogen and oxygen atoms in total. The molecular weight excluding hydrogens is 1030 g/mol. The molecule has 0 saturated carbocycles. The molecule has 15 heteroatoms. The molecule has 0 radical (unpaired) electrons. The summed E-state index contributed by atoms with van der Waals surface area (Å²) in [5.74, 6) is -2.07. The van der Waals surface area contributed by atoms with Gasteiger partial charge in [-0.1, -0.05) is 62.8 Å². The molecule has 2 amide bonds. The molecular formula is C63H85F4N5O4S2. The number of thiophene rings is 2. The summed E-state index contributed by atoms with van der Waals surface area (Å²) in [6.07, 6.45) is 10.6. The van der Waals surface area contributed by atoms with Gasteiger partial charge in [-0.05, 0) is 171 Å². The highest BCUT2D eigenvalue weighted by Gasteiger charge is 2.38. The van der Waals surface area contributed by atoms with Crippen LogP contribution in [0.3, 0.4) is 0 Å². The standard InChI is InChI=1S/C31H39N3O2S.C28H38F2N2O2S.C4H8F2/c1-5-25(24-11-14-32-15-12-24)29-22(4)28-27(37-29)13-16-34(31(28)35)18-26-20(2)17-21(3)33-30(26)36-19-23-9-7-6-8-10-23;1-6-21(20-7-10-31(11-8-20)16-28(5,29)30)26-19(4)25-24(35-26)9-12-32(27(25)34)15-22-18(3)13-17(2)14-23(22)33;1-3-4(2,5)6/h6-10,17,24-25,32H,5,11-16,18-19H2,1-4H3;13,20-21H,6-12,14-16H2,1-5H3;3H2,1-2H3. The van der Waals surface area contributed by atoms with Crippen LogP contribution in [0.5, 0.6) is 5.88 Å². The van der Waals surface area contributed by atoms with Gasteiger partial charge in [0.2, 0.25) is 11.8 Å². The third-order valence-electron chi connectivity index (χ3n) is 16.6. The lowest BCUT2D eigenvalue weighted by Gasteiger charge is -2.36. The summed E-state index contributed by atoms with van der Waals surface area (Å²) in [5.41, 5.74) is 11.1. The van der Waals surface area contributed by atoms with Gasteiger partial charge < -0.3 is 19.9 Å². The van der Waals surface area contributed by atoms with E-state index in [1.807, 2.05) is 65.0 Å². The fourth-order valence-electron chi connectivity index (χ4n) is 12.3. The number of Topliss-reactive ketones (excluding diaryl/α,β-unsaturated/α-hetero) is 1. The minimum atomic E-state index is -2.65. The maximum atomic E-state index is 13.9. The molecule has 0 bridgehead atoms. The Morgan fingerprint density at radius 1 is 0.731 bits per heavy atom. The molecule has 1 aliphatic carbocycles. The van der Waals surface area contributed by atoms with Crippen LogP contribution >= 0.6 is 22.7 Å². The molecule has 9 rings (SSSR count). The highest BCUT2D eigenvalue weighted by Crippen LogP contribution is 2.46. The number of nitrogens with one attached hydrogen (secondary N) is 1. The molecule has 2 unspecified atom stereocenters. The minimum Gasteiger partial charge on any atom is -0.473 e. The number of aromatic nitrogens is 1. The van der Waals surface area contributed by atoms with E-state index in [1.165, 1.54) is 40.0 Å². The number of piperidine rings is 2. The van der Waals surface area contributed by atoms with Crippen molar-refractivity contribution < 1.29 is 36.7 Å². The maximum absolute atomic E-state index is 13.9. The number of ketones is 1. The fraction of sp³-hybridized carbons (Fsp3) is 0.587. The number of allylic oxidation sites excluding steroid dienone is 3. The van der Waals surface area contributed by atoms with Crippen LogP contribution in [0, 0.1) is 39.5 Å². The van der Waals surface area contributed by atoms with Gasteiger partial charge in [0.15, 0.2) is 5.78 Å². The van der Waals surface area contributed by atoms with Gasteiger partial charge in [-0.15, -0.1) is 22.7 Å². The van der Waals surface area contributed by atoms with E-state index in [2.05, 4.69) is 64.2 Å². The van der Waals surface area contributed by atoms with Crippen molar-refractivity contribution >= 4 is 40.3 Å². The molecule has 5 aliphatic rings. The third kappa shape index (κ3) is 15.2. The number of amides is 2. The first-order chi connectivity index (χ1) is 37.0. The zero-order valence-corrected chi connectivity index (χ0v) is 49.9. The van der Waals surface area contributed by atoms with Gasteiger partial charge in [0.25, 0.3) is 17.7 Å². The van der Waals surface area contributed by atoms with Crippen LogP contribution in [0.1, 0.15) is 185 Å². The number of nitrogens with zero attached hydrogens (tertiary/aromatic N) is 4. The first-order valence-electron chi connectivity index (χ1n) is 28.6. The largest absolute Gasteiger partial charge is 0.473 e. The lowest BCUT2D eigenvalue weighted by molar-refractivity contribution is -0.115. The Morgan fingerprint density at radius 3 is 1.76 bits per heavy atom. The maximum Gasteiger partial charge on any atom is 0.257 e. The van der Waals surface area contributed by atoms with Crippen molar-refractivity contribution in [3.05, 3.63) is 123 Å². The van der Waals surface area contributed by atoms with Crippen LogP contribution < -0.4 is 10.1 Å². The number of hydrogen-bond donors (Lipinski definition) is 1. The lowest BCUT2D eigenvalue weighted by Crippen LogP contribution is -2.41. The van der Waals surface area contributed by atoms with Gasteiger partial charge in [-0.3, -0.25) is 19.3 Å². The van der Waals surface area contributed by atoms with Crippen LogP contribution in [-0.2, 0) is 30.8 Å². The summed E-state index contributed by atoms with van der Waals surface area (Å²) in [6, 6.07) is 12.2. The van der Waals surface area contributed by atoms with E-state index >= 15 is 0 Å². The molecule has 1 N–H and O–H groups in total. The number of likely N-dealkylation sites (tertiary alicyclic amines) is 1. The molecule has 2 saturated heterocycles. The summed E-state index contributed by atoms with van der Waals surface area (Å²) in [7, 11) is 0. The average Bonchev–Trinajstić information content (AvgIpc) is 4.04. The van der Waals surface area contributed by atoms with E-state index in [1.54, 1.807) is 11.3 Å². The van der Waals surface area contributed by atoms with Crippen molar-refractivity contribution in [3.63, 3.8) is 0 Å². The molecule has 0 spiro atoms. The Bertz CT molecular complexity index is 2800. The van der Waals surface area contributed by atoms with Gasteiger partial charge in [-0.25, -0.2) is 22.5 Å². The number of halogens is 4. The number of rotatable bonds is 16. The average molecular weight is 1120 g/mol. The van der Waals surface area contributed by atoms with E-state index in [4.69, 9.17) is 9.72 Å². The monoisotopic (exact) mass is 1120 g/mol. The number of carbonyl (C=O) groups excluding carboxylic acids is 3. The number of alkyl halides is 4. The molecule has 2 fully saturated rings. The Balaban J connectivity index is 0.000000205. The van der Waals surface area contributed by atoms with Crippen LogP contribution in [0.15, 0.2) is 59.2 Å². The van der Waals surface area contributed by atoms with Gasteiger partial charge in [-0.2, -0.15) is 0 Å². The van der Waals surface area contributed by atoms with Crippen molar-refractivity contribution in [1.82, 2.24) is 25.0 Å². The highest BCUT2D eigenvalue weighted by molar-refractivity contribution is 7.13. The number of aryl methyl sites for hydroxylation is 2. The van der Waals surface area contributed by atoms with Crippen molar-refractivity contribution in [2.24, 2.45) is 11.8 Å². The summed E-state index contributed by atoms with van der Waals surface area (Å²) in [5, 5.41) is 3.50. The van der Waals surface area contributed by atoms with E-state index in [9.17, 15) is 31.9 Å². The zero-order chi connectivity index (χ0) is 56.6. The smallest absolute Gasteiger partial charge is 0.257 e. The van der Waals surface area contributed by atoms with Crippen LogP contribution in [0.4, 0.5) is 17.6 Å². The first-order valence-corrected chi connectivity index (χ1v) is 30.2. The van der Waals surface area contributed by atoms with Gasteiger partial charge >= 0.3 is 0 Å². The predicted molar refractivity (Wildman–Crippen MR) is 309 cm³/mol. The van der Waals surface area contributed by atoms with Crippen LogP contribution in [-0.4, -0.2) is 101 Å². The van der Waals surface area contributed by atoms with Gasteiger partial charge in [0.1, 0.15) is 6.61 Å². The number of carbonyl (C=O) groups is 3. The second-order valence-electron chi connectivity index (χ2n) is 22.8. The Morgan fingerprint density at radius 2 is 1.26 bits per heavy atom.